The second-order valence-corrected chi connectivity index (χ2v) is 9.64. The molecule has 2 heterocycles. The van der Waals surface area contributed by atoms with Gasteiger partial charge >= 0.3 is 5.97 Å². The summed E-state index contributed by atoms with van der Waals surface area (Å²) in [6.07, 6.45) is -5.83. The van der Waals surface area contributed by atoms with Gasteiger partial charge in [0, 0.05) is 12.5 Å². The Kier molecular flexibility index (Phi) is 7.93. The summed E-state index contributed by atoms with van der Waals surface area (Å²) < 4.78 is 26.9. The van der Waals surface area contributed by atoms with Crippen LogP contribution in [-0.2, 0) is 23.7 Å². The monoisotopic (exact) mass is 524 g/mol. The van der Waals surface area contributed by atoms with E-state index in [9.17, 15) is 35.4 Å². The fourth-order valence-corrected chi connectivity index (χ4v) is 4.92. The molecule has 10 atom stereocenters. The molecule has 12 heteroatoms. The van der Waals surface area contributed by atoms with Crippen LogP contribution in [0.4, 0.5) is 0 Å². The van der Waals surface area contributed by atoms with Gasteiger partial charge in [-0.25, -0.2) is 4.79 Å². The van der Waals surface area contributed by atoms with Gasteiger partial charge < -0.3 is 54.3 Å². The van der Waals surface area contributed by atoms with Gasteiger partial charge in [0.1, 0.15) is 42.4 Å². The first-order valence-electron chi connectivity index (χ1n) is 11.8. The summed E-state index contributed by atoms with van der Waals surface area (Å²) >= 11 is 0. The van der Waals surface area contributed by atoms with Crippen molar-refractivity contribution in [1.29, 1.82) is 0 Å². The predicted molar refractivity (Wildman–Crippen MR) is 124 cm³/mol. The lowest BCUT2D eigenvalue weighted by molar-refractivity contribution is -0.351. The van der Waals surface area contributed by atoms with E-state index < -0.39 is 72.8 Å². The number of methoxy groups -OCH3 is 1. The minimum Gasteiger partial charge on any atom is -0.497 e. The Balaban J connectivity index is 1.39. The molecule has 0 aromatic heterocycles. The molecular formula is C25H32O12. The maximum absolute atomic E-state index is 12.2. The van der Waals surface area contributed by atoms with Crippen LogP contribution in [0, 0.1) is 5.92 Å². The smallest absolute Gasteiger partial charge is 0.330 e. The molecule has 6 N–H and O–H groups in total. The average molecular weight is 525 g/mol. The van der Waals surface area contributed by atoms with Crippen molar-refractivity contribution >= 4 is 12.0 Å². The van der Waals surface area contributed by atoms with Gasteiger partial charge in [-0.3, -0.25) is 0 Å². The standard InChI is InChI=1S/C25H32O12/c1-24(31)11-16(26)25(32)9-10-34-23(21(24)25)37-22-20(30)19(29)18(28)15(36-22)12-35-17(27)8-5-13-3-6-14(33-2)7-4-13/h3-10,15-16,18-23,26,28-32H,11-12H2,1-2H3/b8-5+/t15-,16-,18-,19+,20-,21-,22+,23+,24+,25-/m1/s1. The zero-order valence-electron chi connectivity index (χ0n) is 20.3. The van der Waals surface area contributed by atoms with E-state index in [0.717, 1.165) is 6.26 Å². The van der Waals surface area contributed by atoms with Crippen molar-refractivity contribution in [3.05, 3.63) is 48.2 Å². The number of carbonyl (C=O) groups excluding carboxylic acids is 1. The Morgan fingerprint density at radius 2 is 1.78 bits per heavy atom. The van der Waals surface area contributed by atoms with Crippen LogP contribution in [0.5, 0.6) is 5.75 Å². The largest absolute Gasteiger partial charge is 0.497 e. The van der Waals surface area contributed by atoms with Gasteiger partial charge in [-0.1, -0.05) is 12.1 Å². The summed E-state index contributed by atoms with van der Waals surface area (Å²) in [6, 6.07) is 6.92. The molecule has 12 nitrogen and oxygen atoms in total. The first-order valence-corrected chi connectivity index (χ1v) is 11.8. The van der Waals surface area contributed by atoms with Crippen LogP contribution in [-0.4, -0.2) is 105 Å². The first-order chi connectivity index (χ1) is 17.5. The van der Waals surface area contributed by atoms with Gasteiger partial charge in [0.15, 0.2) is 6.29 Å². The summed E-state index contributed by atoms with van der Waals surface area (Å²) in [5.74, 6) is -1.25. The van der Waals surface area contributed by atoms with Crippen LogP contribution in [0.25, 0.3) is 6.08 Å². The third-order valence-corrected chi connectivity index (χ3v) is 6.98. The van der Waals surface area contributed by atoms with E-state index in [1.54, 1.807) is 24.3 Å². The normalized spacial score (nSPS) is 41.3. The maximum atomic E-state index is 12.2. The number of ether oxygens (including phenoxy) is 5. The second kappa shape index (κ2) is 10.7. The highest BCUT2D eigenvalue weighted by Gasteiger charge is 2.64. The van der Waals surface area contributed by atoms with Gasteiger partial charge in [-0.2, -0.15) is 0 Å². The average Bonchev–Trinajstić information content (AvgIpc) is 3.06. The Morgan fingerprint density at radius 3 is 2.46 bits per heavy atom. The SMILES string of the molecule is COc1ccc(/C=C/C(=O)OC[C@H]2O[C@@H](O[C@@H]3OC=C[C@@]4(O)[C@H](O)C[C@](C)(O)[C@@H]34)[C@H](O)[C@@H](O)[C@@H]2O)cc1. The summed E-state index contributed by atoms with van der Waals surface area (Å²) in [5.41, 5.74) is -2.75. The van der Waals surface area contributed by atoms with Gasteiger partial charge in [-0.15, -0.1) is 0 Å². The molecule has 0 bridgehead atoms. The number of benzene rings is 1. The molecule has 0 unspecified atom stereocenters. The van der Waals surface area contributed by atoms with Crippen LogP contribution in [0.15, 0.2) is 42.7 Å². The van der Waals surface area contributed by atoms with Crippen molar-refractivity contribution in [2.24, 2.45) is 5.92 Å². The molecule has 204 valence electrons. The molecule has 0 spiro atoms. The summed E-state index contributed by atoms with van der Waals surface area (Å²) in [6.45, 7) is 0.919. The van der Waals surface area contributed by atoms with E-state index in [4.69, 9.17) is 23.7 Å². The molecular weight excluding hydrogens is 492 g/mol. The number of aliphatic hydroxyl groups excluding tert-OH is 4. The van der Waals surface area contributed by atoms with Crippen LogP contribution in [0.3, 0.4) is 0 Å². The third-order valence-electron chi connectivity index (χ3n) is 6.98. The number of hydrogen-bond acceptors (Lipinski definition) is 12. The number of aliphatic hydroxyl groups is 6. The Morgan fingerprint density at radius 1 is 1.08 bits per heavy atom. The highest BCUT2D eigenvalue weighted by Crippen LogP contribution is 2.49. The highest BCUT2D eigenvalue weighted by atomic mass is 16.8. The van der Waals surface area contributed by atoms with Crippen LogP contribution in [0.1, 0.15) is 18.9 Å². The topological polar surface area (TPSA) is 185 Å². The quantitative estimate of drug-likeness (QED) is 0.185. The summed E-state index contributed by atoms with van der Waals surface area (Å²) in [4.78, 5) is 12.2. The van der Waals surface area contributed by atoms with Crippen molar-refractivity contribution in [2.45, 2.75) is 67.6 Å². The molecule has 1 aromatic carbocycles. The van der Waals surface area contributed by atoms with Crippen molar-refractivity contribution in [1.82, 2.24) is 0 Å². The lowest BCUT2D eigenvalue weighted by Gasteiger charge is -2.45. The first kappa shape index (κ1) is 27.5. The molecule has 0 radical (unpaired) electrons. The van der Waals surface area contributed by atoms with Crippen LogP contribution < -0.4 is 4.74 Å². The lowest BCUT2D eigenvalue weighted by atomic mass is 9.81. The molecule has 3 aliphatic rings. The summed E-state index contributed by atoms with van der Waals surface area (Å²) in [7, 11) is 1.54. The van der Waals surface area contributed by atoms with E-state index in [2.05, 4.69) is 0 Å². The van der Waals surface area contributed by atoms with E-state index in [-0.39, 0.29) is 6.42 Å². The van der Waals surface area contributed by atoms with Gasteiger partial charge in [0.25, 0.3) is 0 Å². The molecule has 0 amide bonds. The van der Waals surface area contributed by atoms with E-state index in [0.29, 0.717) is 11.3 Å². The van der Waals surface area contributed by atoms with E-state index in [1.807, 2.05) is 0 Å². The van der Waals surface area contributed by atoms with Crippen molar-refractivity contribution in [3.63, 3.8) is 0 Å². The minimum absolute atomic E-state index is 0.167. The minimum atomic E-state index is -1.87. The van der Waals surface area contributed by atoms with E-state index in [1.165, 1.54) is 32.3 Å². The summed E-state index contributed by atoms with van der Waals surface area (Å²) in [5, 5.41) is 63.1. The number of rotatable bonds is 7. The second-order valence-electron chi connectivity index (χ2n) is 9.64. The number of hydrogen-bond donors (Lipinski definition) is 6. The van der Waals surface area contributed by atoms with Gasteiger partial charge in [0.05, 0.1) is 31.0 Å². The molecule has 1 saturated heterocycles. The molecule has 2 aliphatic heterocycles. The van der Waals surface area contributed by atoms with Crippen molar-refractivity contribution in [3.8, 4) is 5.75 Å². The molecule has 1 aromatic rings. The van der Waals surface area contributed by atoms with Crippen LogP contribution in [0.2, 0.25) is 0 Å². The van der Waals surface area contributed by atoms with Crippen LogP contribution >= 0.6 is 0 Å². The molecule has 1 saturated carbocycles. The van der Waals surface area contributed by atoms with Gasteiger partial charge in [0.2, 0.25) is 6.29 Å². The number of fused-ring (bicyclic) bond motifs is 1. The zero-order valence-corrected chi connectivity index (χ0v) is 20.3. The predicted octanol–water partition coefficient (Wildman–Crippen LogP) is -1.19. The molecule has 1 aliphatic carbocycles. The number of esters is 1. The molecule has 37 heavy (non-hydrogen) atoms. The Bertz CT molecular complexity index is 1010. The Labute approximate surface area is 212 Å². The lowest BCUT2D eigenvalue weighted by Crippen LogP contribution is -2.62. The third kappa shape index (κ3) is 5.52. The number of carbonyl (C=O) groups is 1. The highest BCUT2D eigenvalue weighted by molar-refractivity contribution is 5.87. The maximum Gasteiger partial charge on any atom is 0.330 e. The van der Waals surface area contributed by atoms with Crippen molar-refractivity contribution in [2.75, 3.05) is 13.7 Å². The fraction of sp³-hybridized carbons (Fsp3) is 0.560. The molecule has 4 rings (SSSR count). The van der Waals surface area contributed by atoms with Crippen molar-refractivity contribution < 1.29 is 59.1 Å². The Hall–Kier alpha value is -2.55. The van der Waals surface area contributed by atoms with Gasteiger partial charge in [-0.05, 0) is 36.8 Å². The van der Waals surface area contributed by atoms with E-state index >= 15 is 0 Å². The fourth-order valence-electron chi connectivity index (χ4n) is 4.92. The molecule has 2 fully saturated rings. The zero-order chi connectivity index (χ0) is 27.0.